The van der Waals surface area contributed by atoms with Crippen molar-refractivity contribution in [3.05, 3.63) is 35.4 Å². The molecule has 0 bridgehead atoms. The van der Waals surface area contributed by atoms with Gasteiger partial charge >= 0.3 is 5.97 Å². The van der Waals surface area contributed by atoms with E-state index in [0.717, 1.165) is 30.4 Å². The Morgan fingerprint density at radius 3 is 2.56 bits per heavy atom. The molecule has 1 aliphatic heterocycles. The van der Waals surface area contributed by atoms with Gasteiger partial charge in [-0.2, -0.15) is 0 Å². The molecule has 1 fully saturated rings. The van der Waals surface area contributed by atoms with Crippen LogP contribution in [0.3, 0.4) is 0 Å². The number of amides is 2. The van der Waals surface area contributed by atoms with Crippen LogP contribution in [0.5, 0.6) is 0 Å². The van der Waals surface area contributed by atoms with Crippen LogP contribution in [-0.2, 0) is 20.8 Å². The molecule has 6 heteroatoms. The molecule has 1 aromatic rings. The minimum atomic E-state index is -1.23. The van der Waals surface area contributed by atoms with Gasteiger partial charge in [0.25, 0.3) is 0 Å². The van der Waals surface area contributed by atoms with Crippen molar-refractivity contribution in [3.8, 4) is 0 Å². The SMILES string of the molecule is CC(=O)N1CCc2ccccc2C1CC(=O)NC(C)(C(=O)O)C1CC1. The molecule has 2 amide bonds. The number of nitrogens with one attached hydrogen (secondary N) is 1. The van der Waals surface area contributed by atoms with Gasteiger partial charge in [0.05, 0.1) is 12.5 Å². The van der Waals surface area contributed by atoms with Gasteiger partial charge in [0.1, 0.15) is 5.54 Å². The molecule has 0 spiro atoms. The average molecular weight is 344 g/mol. The number of fused-ring (bicyclic) bond motifs is 1. The summed E-state index contributed by atoms with van der Waals surface area (Å²) < 4.78 is 0. The van der Waals surface area contributed by atoms with E-state index in [1.165, 1.54) is 6.92 Å². The van der Waals surface area contributed by atoms with E-state index in [1.54, 1.807) is 11.8 Å². The second-order valence-electron chi connectivity index (χ2n) is 7.21. The Morgan fingerprint density at radius 2 is 1.96 bits per heavy atom. The quantitative estimate of drug-likeness (QED) is 0.854. The lowest BCUT2D eigenvalue weighted by Gasteiger charge is -2.37. The van der Waals surface area contributed by atoms with E-state index in [0.29, 0.717) is 6.54 Å². The third-order valence-electron chi connectivity index (χ3n) is 5.43. The van der Waals surface area contributed by atoms with E-state index in [4.69, 9.17) is 0 Å². The average Bonchev–Trinajstić information content (AvgIpc) is 3.39. The van der Waals surface area contributed by atoms with Crippen LogP contribution in [0.1, 0.15) is 50.3 Å². The molecule has 1 heterocycles. The van der Waals surface area contributed by atoms with Gasteiger partial charge in [0.15, 0.2) is 0 Å². The molecule has 2 aliphatic rings. The zero-order valence-corrected chi connectivity index (χ0v) is 14.6. The van der Waals surface area contributed by atoms with Gasteiger partial charge in [-0.15, -0.1) is 0 Å². The number of carbonyl (C=O) groups excluding carboxylic acids is 2. The van der Waals surface area contributed by atoms with Crippen LogP contribution in [0, 0.1) is 5.92 Å². The molecule has 0 saturated heterocycles. The predicted molar refractivity (Wildman–Crippen MR) is 91.8 cm³/mol. The minimum Gasteiger partial charge on any atom is -0.480 e. The lowest BCUT2D eigenvalue weighted by Crippen LogP contribution is -2.54. The number of benzene rings is 1. The molecule has 1 aliphatic carbocycles. The Hall–Kier alpha value is -2.37. The Balaban J connectivity index is 1.80. The number of carboxylic acids is 1. The van der Waals surface area contributed by atoms with Crippen molar-refractivity contribution in [3.63, 3.8) is 0 Å². The van der Waals surface area contributed by atoms with Crippen molar-refractivity contribution in [2.24, 2.45) is 5.92 Å². The van der Waals surface area contributed by atoms with Gasteiger partial charge in [-0.25, -0.2) is 4.79 Å². The standard InChI is InChI=1S/C19H24N2O4/c1-12(22)21-10-9-13-5-3-4-6-15(13)16(21)11-17(23)20-19(2,18(24)25)14-7-8-14/h3-6,14,16H,7-11H2,1-2H3,(H,20,23)(H,24,25). The van der Waals surface area contributed by atoms with E-state index < -0.39 is 11.5 Å². The van der Waals surface area contributed by atoms with Crippen LogP contribution < -0.4 is 5.32 Å². The van der Waals surface area contributed by atoms with Crippen LogP contribution in [0.2, 0.25) is 0 Å². The summed E-state index contributed by atoms with van der Waals surface area (Å²) in [5.41, 5.74) is 0.885. The zero-order valence-electron chi connectivity index (χ0n) is 14.6. The Morgan fingerprint density at radius 1 is 1.28 bits per heavy atom. The Kier molecular flexibility index (Phi) is 4.54. The summed E-state index contributed by atoms with van der Waals surface area (Å²) in [6.07, 6.45) is 2.47. The molecule has 0 aromatic heterocycles. The van der Waals surface area contributed by atoms with Crippen LogP contribution >= 0.6 is 0 Å². The highest BCUT2D eigenvalue weighted by Gasteiger charge is 2.48. The summed E-state index contributed by atoms with van der Waals surface area (Å²) in [5, 5.41) is 12.2. The van der Waals surface area contributed by atoms with Crippen molar-refractivity contribution in [2.75, 3.05) is 6.54 Å². The lowest BCUT2D eigenvalue weighted by molar-refractivity contribution is -0.148. The third-order valence-corrected chi connectivity index (χ3v) is 5.43. The molecule has 3 rings (SSSR count). The van der Waals surface area contributed by atoms with E-state index in [1.807, 2.05) is 24.3 Å². The van der Waals surface area contributed by atoms with Crippen LogP contribution in [0.15, 0.2) is 24.3 Å². The molecule has 25 heavy (non-hydrogen) atoms. The number of aliphatic carboxylic acids is 1. The molecule has 2 unspecified atom stereocenters. The fourth-order valence-corrected chi connectivity index (χ4v) is 3.76. The van der Waals surface area contributed by atoms with Gasteiger partial charge in [0.2, 0.25) is 11.8 Å². The third kappa shape index (κ3) is 3.38. The van der Waals surface area contributed by atoms with E-state index in [2.05, 4.69) is 5.32 Å². The Labute approximate surface area is 147 Å². The number of carbonyl (C=O) groups is 3. The minimum absolute atomic E-state index is 0.0171. The number of rotatable bonds is 5. The summed E-state index contributed by atoms with van der Waals surface area (Å²) in [6.45, 7) is 3.65. The molecule has 1 saturated carbocycles. The summed E-state index contributed by atoms with van der Waals surface area (Å²) >= 11 is 0. The molecule has 134 valence electrons. The first-order valence-corrected chi connectivity index (χ1v) is 8.72. The largest absolute Gasteiger partial charge is 0.480 e. The number of hydrogen-bond acceptors (Lipinski definition) is 3. The van der Waals surface area contributed by atoms with Gasteiger partial charge < -0.3 is 15.3 Å². The highest BCUT2D eigenvalue weighted by molar-refractivity contribution is 5.88. The summed E-state index contributed by atoms with van der Waals surface area (Å²) in [5.74, 6) is -1.42. The molecule has 1 aromatic carbocycles. The second kappa shape index (κ2) is 6.50. The smallest absolute Gasteiger partial charge is 0.329 e. The van der Waals surface area contributed by atoms with Crippen LogP contribution in [0.25, 0.3) is 0 Å². The zero-order chi connectivity index (χ0) is 18.2. The maximum Gasteiger partial charge on any atom is 0.329 e. The summed E-state index contributed by atoms with van der Waals surface area (Å²) in [6, 6.07) is 7.47. The molecule has 6 nitrogen and oxygen atoms in total. The maximum atomic E-state index is 12.6. The van der Waals surface area contributed by atoms with Crippen molar-refractivity contribution in [1.82, 2.24) is 10.2 Å². The highest BCUT2D eigenvalue weighted by atomic mass is 16.4. The maximum absolute atomic E-state index is 12.6. The predicted octanol–water partition coefficient (Wildman–Crippen LogP) is 1.89. The number of hydrogen-bond donors (Lipinski definition) is 2. The Bertz CT molecular complexity index is 713. The lowest BCUT2D eigenvalue weighted by atomic mass is 9.89. The fourth-order valence-electron chi connectivity index (χ4n) is 3.76. The molecule has 0 radical (unpaired) electrons. The van der Waals surface area contributed by atoms with Crippen molar-refractivity contribution >= 4 is 17.8 Å². The van der Waals surface area contributed by atoms with E-state index in [9.17, 15) is 19.5 Å². The van der Waals surface area contributed by atoms with Gasteiger partial charge in [0, 0.05) is 13.5 Å². The number of carboxylic acid groups (broad SMARTS) is 1. The molecular formula is C19H24N2O4. The topological polar surface area (TPSA) is 86.7 Å². The fraction of sp³-hybridized carbons (Fsp3) is 0.526. The first-order chi connectivity index (χ1) is 11.8. The van der Waals surface area contributed by atoms with Gasteiger partial charge in [-0.1, -0.05) is 24.3 Å². The van der Waals surface area contributed by atoms with Crippen LogP contribution in [0.4, 0.5) is 0 Å². The monoisotopic (exact) mass is 344 g/mol. The summed E-state index contributed by atoms with van der Waals surface area (Å²) in [4.78, 5) is 38.0. The molecule has 2 atom stereocenters. The normalized spacial score (nSPS) is 21.8. The van der Waals surface area contributed by atoms with Gasteiger partial charge in [-0.3, -0.25) is 9.59 Å². The van der Waals surface area contributed by atoms with E-state index >= 15 is 0 Å². The van der Waals surface area contributed by atoms with Crippen molar-refractivity contribution < 1.29 is 19.5 Å². The van der Waals surface area contributed by atoms with Crippen molar-refractivity contribution in [2.45, 2.75) is 51.1 Å². The highest BCUT2D eigenvalue weighted by Crippen LogP contribution is 2.40. The first kappa shape index (κ1) is 17.5. The molecular weight excluding hydrogens is 320 g/mol. The first-order valence-electron chi connectivity index (χ1n) is 8.72. The van der Waals surface area contributed by atoms with Crippen LogP contribution in [-0.4, -0.2) is 39.9 Å². The number of nitrogens with zero attached hydrogens (tertiary/aromatic N) is 1. The summed E-state index contributed by atoms with van der Waals surface area (Å²) in [7, 11) is 0. The molecule has 2 N–H and O–H groups in total. The van der Waals surface area contributed by atoms with E-state index in [-0.39, 0.29) is 30.2 Å². The van der Waals surface area contributed by atoms with Crippen molar-refractivity contribution in [1.29, 1.82) is 0 Å². The second-order valence-corrected chi connectivity index (χ2v) is 7.21. The van der Waals surface area contributed by atoms with Gasteiger partial charge in [-0.05, 0) is 43.2 Å².